The zero-order valence-corrected chi connectivity index (χ0v) is 7.80. The zero-order chi connectivity index (χ0) is 10.1. The van der Waals surface area contributed by atoms with Crippen molar-refractivity contribution >= 4 is 21.4 Å². The van der Waals surface area contributed by atoms with Gasteiger partial charge in [0.25, 0.3) is 0 Å². The Morgan fingerprint density at radius 3 is 2.64 bits per heavy atom. The van der Waals surface area contributed by atoms with E-state index in [9.17, 15) is 5.11 Å². The summed E-state index contributed by atoms with van der Waals surface area (Å²) in [6.45, 7) is 0. The molecule has 1 N–H and O–H groups in total. The first-order chi connectivity index (χ1) is 6.76. The Morgan fingerprint density at radius 2 is 2.00 bits per heavy atom. The van der Waals surface area contributed by atoms with E-state index in [2.05, 4.69) is 0 Å². The van der Waals surface area contributed by atoms with E-state index < -0.39 is 0 Å². The first kappa shape index (κ1) is 8.55. The van der Waals surface area contributed by atoms with Crippen LogP contribution in [-0.2, 0) is 0 Å². The normalized spacial score (nSPS) is 9.57. The fourth-order valence-electron chi connectivity index (χ4n) is 1.26. The molecule has 0 bridgehead atoms. The monoisotopic (exact) mass is 200 g/mol. The van der Waals surface area contributed by atoms with E-state index in [0.29, 0.717) is 9.58 Å². The van der Waals surface area contributed by atoms with Crippen LogP contribution in [0, 0.1) is 22.7 Å². The molecule has 1 aromatic carbocycles. The maximum absolute atomic E-state index is 9.39. The number of hydrogen-bond donors (Lipinski definition) is 1. The summed E-state index contributed by atoms with van der Waals surface area (Å²) in [7, 11) is 0. The molecular formula is C10H4N2OS. The molecule has 0 radical (unpaired) electrons. The van der Waals surface area contributed by atoms with Crippen molar-refractivity contribution in [2.75, 3.05) is 0 Å². The van der Waals surface area contributed by atoms with Crippen molar-refractivity contribution < 1.29 is 5.11 Å². The van der Waals surface area contributed by atoms with Crippen LogP contribution in [0.5, 0.6) is 5.75 Å². The van der Waals surface area contributed by atoms with E-state index in [4.69, 9.17) is 10.5 Å². The van der Waals surface area contributed by atoms with Crippen LogP contribution in [0.25, 0.3) is 10.1 Å². The van der Waals surface area contributed by atoms with Gasteiger partial charge in [0.1, 0.15) is 28.3 Å². The van der Waals surface area contributed by atoms with E-state index >= 15 is 0 Å². The number of fused-ring (bicyclic) bond motifs is 1. The van der Waals surface area contributed by atoms with Gasteiger partial charge in [-0.05, 0) is 23.6 Å². The molecule has 0 amide bonds. The average Bonchev–Trinajstić information content (AvgIpc) is 2.60. The maximum Gasteiger partial charge on any atom is 0.134 e. The molecule has 0 aliphatic carbocycles. The van der Waals surface area contributed by atoms with Crippen LogP contribution in [0.4, 0.5) is 0 Å². The van der Waals surface area contributed by atoms with Crippen LogP contribution in [0.2, 0.25) is 0 Å². The Balaban J connectivity index is 2.90. The molecule has 14 heavy (non-hydrogen) atoms. The predicted molar refractivity (Wildman–Crippen MR) is 52.9 cm³/mol. The number of phenols is 1. The second kappa shape index (κ2) is 3.02. The molecule has 0 aliphatic heterocycles. The molecule has 1 aromatic heterocycles. The minimum atomic E-state index is -0.0358. The lowest BCUT2D eigenvalue weighted by molar-refractivity contribution is 0.474. The number of aromatic hydroxyl groups is 1. The summed E-state index contributed by atoms with van der Waals surface area (Å²) in [4.78, 5) is 0.544. The topological polar surface area (TPSA) is 67.8 Å². The number of thiophene rings is 1. The van der Waals surface area contributed by atoms with Gasteiger partial charge in [0, 0.05) is 0 Å². The minimum Gasteiger partial charge on any atom is -0.507 e. The molecule has 4 heteroatoms. The van der Waals surface area contributed by atoms with Gasteiger partial charge in [-0.3, -0.25) is 0 Å². The van der Waals surface area contributed by atoms with Gasteiger partial charge in [-0.2, -0.15) is 10.5 Å². The van der Waals surface area contributed by atoms with Gasteiger partial charge in [-0.15, -0.1) is 11.3 Å². The van der Waals surface area contributed by atoms with E-state index in [1.54, 1.807) is 12.1 Å². The van der Waals surface area contributed by atoms with Crippen LogP contribution in [0.3, 0.4) is 0 Å². The zero-order valence-electron chi connectivity index (χ0n) is 6.98. The average molecular weight is 200 g/mol. The lowest BCUT2D eigenvalue weighted by Crippen LogP contribution is -1.75. The van der Waals surface area contributed by atoms with Gasteiger partial charge in [0.2, 0.25) is 0 Å². The van der Waals surface area contributed by atoms with Crippen LogP contribution in [0.15, 0.2) is 18.2 Å². The first-order valence-electron chi connectivity index (χ1n) is 3.82. The largest absolute Gasteiger partial charge is 0.507 e. The third-order valence-electron chi connectivity index (χ3n) is 1.89. The highest BCUT2D eigenvalue weighted by Crippen LogP contribution is 2.32. The van der Waals surface area contributed by atoms with Gasteiger partial charge in [-0.1, -0.05) is 0 Å². The molecule has 66 valence electrons. The molecule has 0 saturated carbocycles. The molecule has 3 nitrogen and oxygen atoms in total. The Hall–Kier alpha value is -2.04. The molecule has 0 spiro atoms. The first-order valence-corrected chi connectivity index (χ1v) is 4.63. The third kappa shape index (κ3) is 1.10. The number of benzene rings is 1. The van der Waals surface area contributed by atoms with Crippen molar-refractivity contribution in [3.8, 4) is 17.9 Å². The predicted octanol–water partition coefficient (Wildman–Crippen LogP) is 2.35. The maximum atomic E-state index is 9.39. The van der Waals surface area contributed by atoms with Crippen molar-refractivity contribution in [1.29, 1.82) is 10.5 Å². The Morgan fingerprint density at radius 1 is 1.21 bits per heavy atom. The quantitative estimate of drug-likeness (QED) is 0.709. The van der Waals surface area contributed by atoms with Crippen LogP contribution < -0.4 is 0 Å². The Labute approximate surface area is 84.1 Å². The second-order valence-electron chi connectivity index (χ2n) is 2.71. The fourth-order valence-corrected chi connectivity index (χ4v) is 2.20. The molecule has 0 atom stereocenters. The number of hydrogen-bond acceptors (Lipinski definition) is 4. The van der Waals surface area contributed by atoms with Crippen molar-refractivity contribution in [1.82, 2.24) is 0 Å². The molecule has 0 saturated heterocycles. The summed E-state index contributed by atoms with van der Waals surface area (Å²) in [6.07, 6.45) is 0. The second-order valence-corrected chi connectivity index (χ2v) is 3.76. The lowest BCUT2D eigenvalue weighted by atomic mass is 10.1. The summed E-state index contributed by atoms with van der Waals surface area (Å²) in [5.41, 5.74) is 0.244. The van der Waals surface area contributed by atoms with Gasteiger partial charge < -0.3 is 5.11 Å². The van der Waals surface area contributed by atoms with Gasteiger partial charge in [0.05, 0.1) is 4.70 Å². The Kier molecular flexibility index (Phi) is 1.85. The summed E-state index contributed by atoms with van der Waals surface area (Å²) in [6, 6.07) is 8.81. The summed E-state index contributed by atoms with van der Waals surface area (Å²) in [5.74, 6) is -0.0358. The standard InChI is InChI=1S/C10H4N2OS/c11-4-7-3-6-1-2-9(13)8(5-12)10(6)14-7/h1-3,13H. The highest BCUT2D eigenvalue weighted by molar-refractivity contribution is 7.19. The molecule has 2 aromatic rings. The van der Waals surface area contributed by atoms with E-state index in [1.165, 1.54) is 17.4 Å². The molecule has 2 rings (SSSR count). The number of phenolic OH excluding ortho intramolecular Hbond substituents is 1. The highest BCUT2D eigenvalue weighted by Gasteiger charge is 2.09. The van der Waals surface area contributed by atoms with E-state index in [1.807, 2.05) is 12.1 Å². The van der Waals surface area contributed by atoms with Crippen LogP contribution in [0.1, 0.15) is 10.4 Å². The number of rotatable bonds is 0. The van der Waals surface area contributed by atoms with Crippen molar-refractivity contribution in [3.63, 3.8) is 0 Å². The number of nitrogens with zero attached hydrogens (tertiary/aromatic N) is 2. The molecule has 1 heterocycles. The minimum absolute atomic E-state index is 0.0358. The van der Waals surface area contributed by atoms with Gasteiger partial charge in [0.15, 0.2) is 0 Å². The lowest BCUT2D eigenvalue weighted by Gasteiger charge is -1.95. The fraction of sp³-hybridized carbons (Fsp3) is 0. The SMILES string of the molecule is N#Cc1cc2ccc(O)c(C#N)c2s1. The van der Waals surface area contributed by atoms with E-state index in [-0.39, 0.29) is 11.3 Å². The van der Waals surface area contributed by atoms with Crippen LogP contribution >= 0.6 is 11.3 Å². The molecule has 0 aliphatic rings. The van der Waals surface area contributed by atoms with Gasteiger partial charge in [-0.25, -0.2) is 0 Å². The highest BCUT2D eigenvalue weighted by atomic mass is 32.1. The van der Waals surface area contributed by atoms with E-state index in [0.717, 1.165) is 5.39 Å². The van der Waals surface area contributed by atoms with Crippen molar-refractivity contribution in [3.05, 3.63) is 28.6 Å². The summed E-state index contributed by atoms with van der Waals surface area (Å²) >= 11 is 1.22. The smallest absolute Gasteiger partial charge is 0.134 e. The molecular weight excluding hydrogens is 196 g/mol. The Bertz CT molecular complexity index is 586. The number of nitriles is 2. The van der Waals surface area contributed by atoms with Crippen molar-refractivity contribution in [2.24, 2.45) is 0 Å². The third-order valence-corrected chi connectivity index (χ3v) is 2.96. The van der Waals surface area contributed by atoms with Gasteiger partial charge >= 0.3 is 0 Å². The summed E-state index contributed by atoms with van der Waals surface area (Å²) in [5, 5.41) is 27.7. The summed E-state index contributed by atoms with van der Waals surface area (Å²) < 4.78 is 0.670. The molecule has 0 fully saturated rings. The molecule has 0 unspecified atom stereocenters. The van der Waals surface area contributed by atoms with Crippen LogP contribution in [-0.4, -0.2) is 5.11 Å². The van der Waals surface area contributed by atoms with Crippen molar-refractivity contribution in [2.45, 2.75) is 0 Å².